The molecule has 1 aromatic rings. The van der Waals surface area contributed by atoms with Crippen molar-refractivity contribution in [2.45, 2.75) is 5.56 Å². The lowest BCUT2D eigenvalue weighted by Gasteiger charge is -1.92. The zero-order valence-corrected chi connectivity index (χ0v) is 5.62. The molecule has 1 heterocycles. The Kier molecular flexibility index (Phi) is 1.89. The highest BCUT2D eigenvalue weighted by Gasteiger charge is 2.00. The van der Waals surface area contributed by atoms with E-state index in [2.05, 4.69) is 0 Å². The zero-order valence-electron chi connectivity index (χ0n) is 4.04. The molecule has 3 heteroatoms. The fraction of sp³-hybridized carbons (Fsp3) is 0.200. The number of aliphatic hydroxyl groups is 1. The van der Waals surface area contributed by atoms with Gasteiger partial charge in [0.15, 0.2) is 5.56 Å². The molecule has 1 atom stereocenters. The van der Waals surface area contributed by atoms with Crippen LogP contribution in [0.5, 0.6) is 0 Å². The van der Waals surface area contributed by atoms with E-state index in [0.717, 1.165) is 4.88 Å². The number of aliphatic hydroxyl groups excluding tert-OH is 1. The highest BCUT2D eigenvalue weighted by Crippen LogP contribution is 2.20. The van der Waals surface area contributed by atoms with Crippen LogP contribution in [0.1, 0.15) is 10.4 Å². The molecule has 0 aromatic carbocycles. The quantitative estimate of drug-likeness (QED) is 0.604. The second kappa shape index (κ2) is 2.49. The van der Waals surface area contributed by atoms with Crippen molar-refractivity contribution in [1.29, 1.82) is 0 Å². The molecule has 0 aliphatic heterocycles. The number of hydrogen-bond acceptors (Lipinski definition) is 2. The van der Waals surface area contributed by atoms with E-state index in [1.165, 1.54) is 11.3 Å². The van der Waals surface area contributed by atoms with E-state index >= 15 is 0 Å². The van der Waals surface area contributed by atoms with E-state index < -0.39 is 5.56 Å². The van der Waals surface area contributed by atoms with Crippen molar-refractivity contribution >= 4 is 22.9 Å². The Labute approximate surface area is 56.5 Å². The molecule has 0 saturated carbocycles. The van der Waals surface area contributed by atoms with Crippen molar-refractivity contribution in [2.75, 3.05) is 0 Å². The first-order valence-corrected chi connectivity index (χ1v) is 3.48. The number of thiophene rings is 1. The Balaban J connectivity index is 2.77. The lowest BCUT2D eigenvalue weighted by Crippen LogP contribution is -1.78. The Morgan fingerprint density at radius 1 is 1.75 bits per heavy atom. The third kappa shape index (κ3) is 1.22. The van der Waals surface area contributed by atoms with Gasteiger partial charge in [0.25, 0.3) is 0 Å². The number of alkyl halides is 1. The van der Waals surface area contributed by atoms with Crippen LogP contribution in [0.3, 0.4) is 0 Å². The molecule has 1 rings (SSSR count). The summed E-state index contributed by atoms with van der Waals surface area (Å²) in [7, 11) is 0. The van der Waals surface area contributed by atoms with E-state index in [1.54, 1.807) is 6.07 Å². The molecule has 1 unspecified atom stereocenters. The summed E-state index contributed by atoms with van der Waals surface area (Å²) in [6.45, 7) is 0. The van der Waals surface area contributed by atoms with Crippen molar-refractivity contribution in [3.05, 3.63) is 22.4 Å². The smallest absolute Gasteiger partial charge is 0.162 e. The predicted molar refractivity (Wildman–Crippen MR) is 35.1 cm³/mol. The van der Waals surface area contributed by atoms with Gasteiger partial charge in [0.1, 0.15) is 0 Å². The predicted octanol–water partition coefficient (Wildman–Crippen LogP) is 1.98. The van der Waals surface area contributed by atoms with Gasteiger partial charge in [0, 0.05) is 4.88 Å². The van der Waals surface area contributed by atoms with Gasteiger partial charge >= 0.3 is 0 Å². The molecule has 0 aliphatic rings. The van der Waals surface area contributed by atoms with Crippen LogP contribution in [0.4, 0.5) is 0 Å². The van der Waals surface area contributed by atoms with Crippen LogP contribution in [0.25, 0.3) is 0 Å². The molecule has 0 bridgehead atoms. The highest BCUT2D eigenvalue weighted by molar-refractivity contribution is 7.10. The van der Waals surface area contributed by atoms with Gasteiger partial charge in [-0.25, -0.2) is 0 Å². The molecule has 44 valence electrons. The molecule has 0 radical (unpaired) electrons. The van der Waals surface area contributed by atoms with Crippen LogP contribution in [0.2, 0.25) is 0 Å². The first-order chi connectivity index (χ1) is 3.80. The maximum atomic E-state index is 8.69. The van der Waals surface area contributed by atoms with Crippen LogP contribution >= 0.6 is 22.9 Å². The summed E-state index contributed by atoms with van der Waals surface area (Å²) in [6.07, 6.45) is 0. The average molecular weight is 149 g/mol. The normalized spacial score (nSPS) is 13.8. The van der Waals surface area contributed by atoms with Crippen LogP contribution in [0.15, 0.2) is 17.5 Å². The van der Waals surface area contributed by atoms with Gasteiger partial charge in [0.05, 0.1) is 0 Å². The first kappa shape index (κ1) is 6.08. The fourth-order valence-electron chi connectivity index (χ4n) is 0.427. The number of halogens is 1. The van der Waals surface area contributed by atoms with Crippen LogP contribution in [-0.4, -0.2) is 5.11 Å². The summed E-state index contributed by atoms with van der Waals surface area (Å²) >= 11 is 6.76. The summed E-state index contributed by atoms with van der Waals surface area (Å²) in [5, 5.41) is 10.6. The Bertz CT molecular complexity index is 147. The second-order valence-electron chi connectivity index (χ2n) is 1.35. The van der Waals surface area contributed by atoms with Crippen molar-refractivity contribution in [3.63, 3.8) is 0 Å². The lowest BCUT2D eigenvalue weighted by atomic mass is 10.5. The van der Waals surface area contributed by atoms with E-state index in [-0.39, 0.29) is 0 Å². The Hall–Kier alpha value is -0.0500. The largest absolute Gasteiger partial charge is 0.373 e. The molecule has 8 heavy (non-hydrogen) atoms. The summed E-state index contributed by atoms with van der Waals surface area (Å²) < 4.78 is 0. The average Bonchev–Trinajstić information content (AvgIpc) is 2.12. The minimum absolute atomic E-state index is 0.798. The minimum Gasteiger partial charge on any atom is -0.373 e. The van der Waals surface area contributed by atoms with E-state index in [4.69, 9.17) is 16.7 Å². The Morgan fingerprint density at radius 2 is 2.50 bits per heavy atom. The number of rotatable bonds is 1. The standard InChI is InChI=1S/C5H5ClOS/c6-5(7)4-2-1-3-8-4/h1-3,5,7H. The van der Waals surface area contributed by atoms with Gasteiger partial charge in [-0.15, -0.1) is 11.3 Å². The lowest BCUT2D eigenvalue weighted by molar-refractivity contribution is 0.266. The first-order valence-electron chi connectivity index (χ1n) is 2.16. The summed E-state index contributed by atoms with van der Waals surface area (Å²) in [5.74, 6) is 0. The van der Waals surface area contributed by atoms with Crippen LogP contribution in [-0.2, 0) is 0 Å². The molecule has 1 aromatic heterocycles. The van der Waals surface area contributed by atoms with Crippen molar-refractivity contribution in [1.82, 2.24) is 0 Å². The SMILES string of the molecule is OC(Cl)c1cccs1. The molecule has 0 spiro atoms. The van der Waals surface area contributed by atoms with Gasteiger partial charge in [0.2, 0.25) is 0 Å². The number of hydrogen-bond donors (Lipinski definition) is 1. The molecule has 0 amide bonds. The molecular formula is C5H5ClOS. The van der Waals surface area contributed by atoms with Gasteiger partial charge in [-0.2, -0.15) is 0 Å². The van der Waals surface area contributed by atoms with Crippen molar-refractivity contribution in [2.24, 2.45) is 0 Å². The molecule has 1 N–H and O–H groups in total. The maximum Gasteiger partial charge on any atom is 0.162 e. The minimum atomic E-state index is -0.824. The maximum absolute atomic E-state index is 8.69. The summed E-state index contributed by atoms with van der Waals surface area (Å²) in [5.41, 5.74) is -0.824. The zero-order chi connectivity index (χ0) is 5.98. The summed E-state index contributed by atoms with van der Waals surface area (Å²) in [6, 6.07) is 3.65. The van der Waals surface area contributed by atoms with E-state index in [9.17, 15) is 0 Å². The van der Waals surface area contributed by atoms with Gasteiger partial charge in [-0.1, -0.05) is 17.7 Å². The topological polar surface area (TPSA) is 20.2 Å². The summed E-state index contributed by atoms with van der Waals surface area (Å²) in [4.78, 5) is 0.798. The monoisotopic (exact) mass is 148 g/mol. The van der Waals surface area contributed by atoms with Gasteiger partial charge < -0.3 is 5.11 Å². The van der Waals surface area contributed by atoms with E-state index in [0.29, 0.717) is 0 Å². The van der Waals surface area contributed by atoms with Crippen molar-refractivity contribution < 1.29 is 5.11 Å². The van der Waals surface area contributed by atoms with Gasteiger partial charge in [-0.3, -0.25) is 0 Å². The second-order valence-corrected chi connectivity index (χ2v) is 2.74. The molecule has 0 aliphatic carbocycles. The van der Waals surface area contributed by atoms with Crippen LogP contribution < -0.4 is 0 Å². The van der Waals surface area contributed by atoms with Crippen molar-refractivity contribution in [3.8, 4) is 0 Å². The molecule has 0 fully saturated rings. The van der Waals surface area contributed by atoms with Gasteiger partial charge in [-0.05, 0) is 11.4 Å². The highest BCUT2D eigenvalue weighted by atomic mass is 35.5. The molecule has 0 saturated heterocycles. The molecule has 1 nitrogen and oxygen atoms in total. The third-order valence-electron chi connectivity index (χ3n) is 0.778. The molecular weight excluding hydrogens is 144 g/mol. The fourth-order valence-corrected chi connectivity index (χ4v) is 1.24. The third-order valence-corrected chi connectivity index (χ3v) is 2.07. The Morgan fingerprint density at radius 3 is 2.75 bits per heavy atom. The van der Waals surface area contributed by atoms with E-state index in [1.807, 2.05) is 11.4 Å². The van der Waals surface area contributed by atoms with Crippen LogP contribution in [0, 0.1) is 0 Å².